The minimum absolute atomic E-state index is 0.0120. The topological polar surface area (TPSA) is 54.0 Å². The second-order valence-electron chi connectivity index (χ2n) is 5.69. The van der Waals surface area contributed by atoms with Crippen molar-refractivity contribution in [3.05, 3.63) is 11.1 Å². The van der Waals surface area contributed by atoms with Gasteiger partial charge in [0.2, 0.25) is 5.91 Å². The van der Waals surface area contributed by atoms with E-state index < -0.39 is 0 Å². The zero-order valence-corrected chi connectivity index (χ0v) is 12.6. The molecule has 1 aromatic rings. The summed E-state index contributed by atoms with van der Waals surface area (Å²) in [4.78, 5) is 16.1. The summed E-state index contributed by atoms with van der Waals surface area (Å²) in [5.74, 6) is 0.0120. The smallest absolute Gasteiger partial charge is 0.227 e. The Morgan fingerprint density at radius 3 is 2.61 bits per heavy atom. The lowest BCUT2D eigenvalue weighted by Gasteiger charge is -2.14. The van der Waals surface area contributed by atoms with E-state index in [-0.39, 0.29) is 11.3 Å². The van der Waals surface area contributed by atoms with Crippen LogP contribution < -0.4 is 10.6 Å². The Hall–Kier alpha value is -0.940. The van der Waals surface area contributed by atoms with Gasteiger partial charge in [-0.25, -0.2) is 4.98 Å². The molecule has 4 nitrogen and oxygen atoms in total. The van der Waals surface area contributed by atoms with Gasteiger partial charge in [-0.05, 0) is 0 Å². The number of amides is 1. The van der Waals surface area contributed by atoms with Crippen LogP contribution in [-0.2, 0) is 10.2 Å². The third kappa shape index (κ3) is 5.14. The van der Waals surface area contributed by atoms with Crippen LogP contribution in [0.4, 0.5) is 5.13 Å². The summed E-state index contributed by atoms with van der Waals surface area (Å²) < 4.78 is 0. The average molecular weight is 269 g/mol. The molecule has 0 unspecified atom stereocenters. The van der Waals surface area contributed by atoms with Crippen LogP contribution in [0.2, 0.25) is 0 Å². The van der Waals surface area contributed by atoms with Crippen molar-refractivity contribution in [2.45, 2.75) is 52.5 Å². The minimum atomic E-state index is 0.0120. The molecule has 1 aromatic heterocycles. The molecule has 5 heteroatoms. The lowest BCUT2D eigenvalue weighted by molar-refractivity contribution is -0.116. The molecule has 1 heterocycles. The Morgan fingerprint density at radius 1 is 1.44 bits per heavy atom. The number of anilines is 1. The highest BCUT2D eigenvalue weighted by Crippen LogP contribution is 2.26. The summed E-state index contributed by atoms with van der Waals surface area (Å²) in [6, 6.07) is 0.408. The first-order valence-corrected chi connectivity index (χ1v) is 7.16. The molecule has 0 spiro atoms. The van der Waals surface area contributed by atoms with Crippen molar-refractivity contribution in [1.82, 2.24) is 10.3 Å². The van der Waals surface area contributed by atoms with Crippen molar-refractivity contribution in [2.75, 3.05) is 11.9 Å². The van der Waals surface area contributed by atoms with E-state index in [1.54, 1.807) is 0 Å². The van der Waals surface area contributed by atoms with Crippen molar-refractivity contribution in [2.24, 2.45) is 0 Å². The van der Waals surface area contributed by atoms with Gasteiger partial charge in [0.1, 0.15) is 0 Å². The predicted octanol–water partition coefficient (Wildman–Crippen LogP) is 2.77. The van der Waals surface area contributed by atoms with Crippen LogP contribution in [0, 0.1) is 0 Å². The Morgan fingerprint density at radius 2 is 2.11 bits per heavy atom. The van der Waals surface area contributed by atoms with Crippen LogP contribution in [0.5, 0.6) is 0 Å². The number of aromatic nitrogens is 1. The Labute approximate surface area is 113 Å². The van der Waals surface area contributed by atoms with Crippen molar-refractivity contribution in [3.63, 3.8) is 0 Å². The number of rotatable bonds is 5. The van der Waals surface area contributed by atoms with Crippen LogP contribution in [0.25, 0.3) is 0 Å². The molecule has 0 aliphatic heterocycles. The van der Waals surface area contributed by atoms with E-state index in [4.69, 9.17) is 0 Å². The molecule has 0 bridgehead atoms. The van der Waals surface area contributed by atoms with Crippen molar-refractivity contribution in [3.8, 4) is 0 Å². The van der Waals surface area contributed by atoms with Crippen molar-refractivity contribution < 1.29 is 4.79 Å². The van der Waals surface area contributed by atoms with Gasteiger partial charge >= 0.3 is 0 Å². The van der Waals surface area contributed by atoms with Crippen molar-refractivity contribution in [1.29, 1.82) is 0 Å². The van der Waals surface area contributed by atoms with Crippen LogP contribution in [-0.4, -0.2) is 23.5 Å². The number of hydrogen-bond acceptors (Lipinski definition) is 4. The quantitative estimate of drug-likeness (QED) is 0.864. The molecule has 1 rings (SSSR count). The molecule has 18 heavy (non-hydrogen) atoms. The number of nitrogens with one attached hydrogen (secondary N) is 2. The van der Waals surface area contributed by atoms with E-state index in [0.29, 0.717) is 24.1 Å². The van der Waals surface area contributed by atoms with Crippen LogP contribution in [0.3, 0.4) is 0 Å². The highest BCUT2D eigenvalue weighted by molar-refractivity contribution is 7.13. The Kier molecular flexibility index (Phi) is 5.28. The maximum atomic E-state index is 11.7. The largest absolute Gasteiger partial charge is 0.314 e. The molecule has 1 amide bonds. The van der Waals surface area contributed by atoms with Crippen LogP contribution in [0.15, 0.2) is 5.38 Å². The van der Waals surface area contributed by atoms with E-state index in [2.05, 4.69) is 50.2 Å². The molecule has 0 saturated heterocycles. The van der Waals surface area contributed by atoms with E-state index in [1.807, 2.05) is 5.38 Å². The SMILES string of the molecule is CC(C)NCCC(=O)Nc1nc(C(C)(C)C)cs1. The molecule has 2 N–H and O–H groups in total. The first kappa shape index (κ1) is 15.1. The number of thiazole rings is 1. The summed E-state index contributed by atoms with van der Waals surface area (Å²) in [5, 5.41) is 8.74. The normalized spacial score (nSPS) is 11.9. The third-order valence-electron chi connectivity index (χ3n) is 2.42. The number of hydrogen-bond donors (Lipinski definition) is 2. The first-order valence-electron chi connectivity index (χ1n) is 6.28. The molecular formula is C13H23N3OS. The second kappa shape index (κ2) is 6.29. The summed E-state index contributed by atoms with van der Waals surface area (Å²) in [5.41, 5.74) is 1.04. The van der Waals surface area contributed by atoms with E-state index in [0.717, 1.165) is 5.69 Å². The third-order valence-corrected chi connectivity index (χ3v) is 3.18. The summed E-state index contributed by atoms with van der Waals surface area (Å²) >= 11 is 1.48. The molecule has 0 aliphatic rings. The van der Waals surface area contributed by atoms with Gasteiger partial charge in [-0.3, -0.25) is 4.79 Å². The minimum Gasteiger partial charge on any atom is -0.314 e. The molecule has 0 aliphatic carbocycles. The Balaban J connectivity index is 2.43. The monoisotopic (exact) mass is 269 g/mol. The Bertz CT molecular complexity index is 393. The maximum absolute atomic E-state index is 11.7. The van der Waals surface area contributed by atoms with Gasteiger partial charge in [-0.2, -0.15) is 0 Å². The molecule has 0 saturated carbocycles. The molecule has 0 aromatic carbocycles. The summed E-state index contributed by atoms with van der Waals surface area (Å²) in [6.45, 7) is 11.2. The van der Waals surface area contributed by atoms with E-state index in [1.165, 1.54) is 11.3 Å². The van der Waals surface area contributed by atoms with Crippen LogP contribution in [0.1, 0.15) is 46.7 Å². The van der Waals surface area contributed by atoms with Crippen LogP contribution >= 0.6 is 11.3 Å². The fourth-order valence-electron chi connectivity index (χ4n) is 1.33. The number of carbonyl (C=O) groups excluding carboxylic acids is 1. The van der Waals surface area contributed by atoms with Gasteiger partial charge < -0.3 is 10.6 Å². The zero-order chi connectivity index (χ0) is 13.8. The fourth-order valence-corrected chi connectivity index (χ4v) is 2.29. The molecule has 102 valence electrons. The van der Waals surface area contributed by atoms with Gasteiger partial charge in [-0.1, -0.05) is 34.6 Å². The van der Waals surface area contributed by atoms with Gasteiger partial charge in [0, 0.05) is 29.8 Å². The summed E-state index contributed by atoms with van der Waals surface area (Å²) in [7, 11) is 0. The number of nitrogens with zero attached hydrogens (tertiary/aromatic N) is 1. The number of carbonyl (C=O) groups is 1. The average Bonchev–Trinajstić information content (AvgIpc) is 2.64. The van der Waals surface area contributed by atoms with E-state index in [9.17, 15) is 4.79 Å². The lowest BCUT2D eigenvalue weighted by Crippen LogP contribution is -2.27. The predicted molar refractivity (Wildman–Crippen MR) is 77.2 cm³/mol. The standard InChI is InChI=1S/C13H23N3OS/c1-9(2)14-7-6-11(17)16-12-15-10(8-18-12)13(3,4)5/h8-9,14H,6-7H2,1-5H3,(H,15,16,17). The maximum Gasteiger partial charge on any atom is 0.227 e. The first-order chi connectivity index (χ1) is 8.29. The highest BCUT2D eigenvalue weighted by Gasteiger charge is 2.17. The van der Waals surface area contributed by atoms with Gasteiger partial charge in [-0.15, -0.1) is 11.3 Å². The highest BCUT2D eigenvalue weighted by atomic mass is 32.1. The second-order valence-corrected chi connectivity index (χ2v) is 6.55. The summed E-state index contributed by atoms with van der Waals surface area (Å²) in [6.07, 6.45) is 0.475. The lowest BCUT2D eigenvalue weighted by atomic mass is 9.93. The van der Waals surface area contributed by atoms with Gasteiger partial charge in [0.25, 0.3) is 0 Å². The van der Waals surface area contributed by atoms with E-state index >= 15 is 0 Å². The van der Waals surface area contributed by atoms with Gasteiger partial charge in [0.15, 0.2) is 5.13 Å². The molecule has 0 radical (unpaired) electrons. The fraction of sp³-hybridized carbons (Fsp3) is 0.692. The zero-order valence-electron chi connectivity index (χ0n) is 11.8. The molecule has 0 fully saturated rings. The van der Waals surface area contributed by atoms with Gasteiger partial charge in [0.05, 0.1) is 5.69 Å². The molecule has 0 atom stereocenters. The van der Waals surface area contributed by atoms with Crippen molar-refractivity contribution >= 4 is 22.4 Å². The molecular weight excluding hydrogens is 246 g/mol.